The second-order valence-electron chi connectivity index (χ2n) is 7.30. The lowest BCUT2D eigenvalue weighted by Crippen LogP contribution is -2.54. The van der Waals surface area contributed by atoms with Gasteiger partial charge in [0.05, 0.1) is 12.9 Å². The van der Waals surface area contributed by atoms with E-state index in [2.05, 4.69) is 15.2 Å². The molecular weight excluding hydrogens is 489 g/mol. The number of hydrogen-bond donors (Lipinski definition) is 1. The monoisotopic (exact) mass is 519 g/mol. The predicted octanol–water partition coefficient (Wildman–Crippen LogP) is 0.726. The maximum Gasteiger partial charge on any atom is 0.289 e. The molecule has 1 unspecified atom stereocenters. The lowest BCUT2D eigenvalue weighted by atomic mass is 10.1. The van der Waals surface area contributed by atoms with E-state index in [0.717, 1.165) is 26.2 Å². The van der Waals surface area contributed by atoms with Gasteiger partial charge in [0.15, 0.2) is 11.7 Å². The van der Waals surface area contributed by atoms with Crippen molar-refractivity contribution in [2.45, 2.75) is 6.42 Å². The van der Waals surface area contributed by atoms with Gasteiger partial charge < -0.3 is 29.2 Å². The van der Waals surface area contributed by atoms with Gasteiger partial charge >= 0.3 is 0 Å². The van der Waals surface area contributed by atoms with E-state index in [0.29, 0.717) is 43.8 Å². The minimum absolute atomic E-state index is 0. The summed E-state index contributed by atoms with van der Waals surface area (Å²) >= 11 is 0. The van der Waals surface area contributed by atoms with Crippen LogP contribution in [0.3, 0.4) is 0 Å². The Morgan fingerprint density at radius 3 is 2.55 bits per heavy atom. The van der Waals surface area contributed by atoms with Crippen LogP contribution >= 0.6 is 24.0 Å². The van der Waals surface area contributed by atoms with Crippen molar-refractivity contribution in [3.63, 3.8) is 0 Å². The highest BCUT2D eigenvalue weighted by Gasteiger charge is 2.26. The number of guanidine groups is 1. The van der Waals surface area contributed by atoms with Crippen LogP contribution in [0.2, 0.25) is 0 Å². The van der Waals surface area contributed by atoms with Gasteiger partial charge in [-0.05, 0) is 18.6 Å². The van der Waals surface area contributed by atoms with Crippen LogP contribution in [-0.4, -0.2) is 99.1 Å². The number of piperazine rings is 1. The first-order valence-corrected chi connectivity index (χ1v) is 9.68. The van der Waals surface area contributed by atoms with E-state index in [-0.39, 0.29) is 42.3 Å². The first kappa shape index (κ1) is 23.5. The molecule has 0 radical (unpaired) electrons. The summed E-state index contributed by atoms with van der Waals surface area (Å²) in [5, 5.41) is 3.40. The van der Waals surface area contributed by atoms with E-state index in [9.17, 15) is 9.59 Å². The summed E-state index contributed by atoms with van der Waals surface area (Å²) in [7, 11) is 3.44. The molecule has 29 heavy (non-hydrogen) atoms. The zero-order valence-corrected chi connectivity index (χ0v) is 19.3. The van der Waals surface area contributed by atoms with Crippen molar-refractivity contribution in [3.05, 3.63) is 24.2 Å². The van der Waals surface area contributed by atoms with E-state index in [1.54, 1.807) is 31.1 Å². The largest absolute Gasteiger partial charge is 0.459 e. The molecule has 2 aliphatic rings. The van der Waals surface area contributed by atoms with E-state index < -0.39 is 0 Å². The van der Waals surface area contributed by atoms with Crippen LogP contribution in [0, 0.1) is 5.92 Å². The average molecular weight is 519 g/mol. The van der Waals surface area contributed by atoms with Crippen LogP contribution in [-0.2, 0) is 9.53 Å². The molecule has 0 aromatic carbocycles. The van der Waals surface area contributed by atoms with Gasteiger partial charge in [-0.15, -0.1) is 24.0 Å². The molecule has 0 spiro atoms. The molecule has 0 saturated carbocycles. The van der Waals surface area contributed by atoms with Gasteiger partial charge in [0.1, 0.15) is 6.54 Å². The molecule has 2 amide bonds. The Morgan fingerprint density at radius 1 is 1.24 bits per heavy atom. The maximum absolute atomic E-state index is 12.4. The minimum atomic E-state index is -0.0954. The summed E-state index contributed by atoms with van der Waals surface area (Å²) in [5.41, 5.74) is 0. The summed E-state index contributed by atoms with van der Waals surface area (Å²) in [6.45, 7) is 4.87. The van der Waals surface area contributed by atoms with Crippen molar-refractivity contribution in [2.75, 3.05) is 66.6 Å². The van der Waals surface area contributed by atoms with Crippen molar-refractivity contribution in [2.24, 2.45) is 10.9 Å². The van der Waals surface area contributed by atoms with Crippen LogP contribution in [0.1, 0.15) is 17.0 Å². The second kappa shape index (κ2) is 11.4. The molecule has 0 aliphatic carbocycles. The van der Waals surface area contributed by atoms with Crippen LogP contribution in [0.5, 0.6) is 0 Å². The number of carbonyl (C=O) groups is 2. The molecule has 3 heterocycles. The number of hydrogen-bond acceptors (Lipinski definition) is 5. The van der Waals surface area contributed by atoms with Crippen LogP contribution in [0.25, 0.3) is 0 Å². The highest BCUT2D eigenvalue weighted by molar-refractivity contribution is 14.0. The molecule has 0 bridgehead atoms. The van der Waals surface area contributed by atoms with E-state index in [1.165, 1.54) is 11.2 Å². The lowest BCUT2D eigenvalue weighted by Gasteiger charge is -2.36. The highest BCUT2D eigenvalue weighted by atomic mass is 127. The first-order valence-electron chi connectivity index (χ1n) is 9.68. The smallest absolute Gasteiger partial charge is 0.289 e. The van der Waals surface area contributed by atoms with Gasteiger partial charge in [-0.2, -0.15) is 0 Å². The normalized spacial score (nSPS) is 19.7. The predicted molar refractivity (Wildman–Crippen MR) is 120 cm³/mol. The van der Waals surface area contributed by atoms with Gasteiger partial charge in [0, 0.05) is 59.3 Å². The molecule has 2 aliphatic heterocycles. The number of carbonyl (C=O) groups excluding carboxylic acids is 2. The molecule has 2 saturated heterocycles. The summed E-state index contributed by atoms with van der Waals surface area (Å²) in [6.07, 6.45) is 2.54. The first-order chi connectivity index (χ1) is 13.5. The van der Waals surface area contributed by atoms with Gasteiger partial charge in [-0.1, -0.05) is 0 Å². The molecular formula is C19H30IN5O4. The van der Waals surface area contributed by atoms with E-state index >= 15 is 0 Å². The number of ether oxygens (including phenoxy) is 1. The maximum atomic E-state index is 12.4. The number of amides is 2. The van der Waals surface area contributed by atoms with Crippen LogP contribution in [0.4, 0.5) is 0 Å². The molecule has 1 aromatic heterocycles. The number of rotatable bonds is 5. The Kier molecular flexibility index (Phi) is 9.21. The third kappa shape index (κ3) is 6.59. The number of halogens is 1. The van der Waals surface area contributed by atoms with Crippen molar-refractivity contribution in [1.29, 1.82) is 0 Å². The average Bonchev–Trinajstić information content (AvgIpc) is 3.41. The Balaban J connectivity index is 0.00000300. The molecule has 3 rings (SSSR count). The van der Waals surface area contributed by atoms with Crippen molar-refractivity contribution in [1.82, 2.24) is 20.0 Å². The zero-order chi connectivity index (χ0) is 19.9. The third-order valence-corrected chi connectivity index (χ3v) is 5.03. The topological polar surface area (TPSA) is 90.6 Å². The minimum Gasteiger partial charge on any atom is -0.459 e. The van der Waals surface area contributed by atoms with Crippen molar-refractivity contribution in [3.8, 4) is 0 Å². The van der Waals surface area contributed by atoms with Crippen LogP contribution < -0.4 is 5.32 Å². The number of furan rings is 1. The van der Waals surface area contributed by atoms with Crippen molar-refractivity contribution >= 4 is 41.8 Å². The van der Waals surface area contributed by atoms with E-state index in [1.807, 2.05) is 0 Å². The standard InChI is InChI=1S/C19H29N5O4.HI/c1-22(2)17(25)13-21-19(20-12-15-5-11-27-14-15)24-8-6-23(7-9-24)18(26)16-4-3-10-28-16;/h3-4,10,15H,5-9,11-14H2,1-2H3,(H,20,21);1H. The molecule has 162 valence electrons. The van der Waals surface area contributed by atoms with Crippen molar-refractivity contribution < 1.29 is 18.7 Å². The summed E-state index contributed by atoms with van der Waals surface area (Å²) in [6, 6.07) is 3.40. The summed E-state index contributed by atoms with van der Waals surface area (Å²) < 4.78 is 10.6. The Bertz CT molecular complexity index is 681. The molecule has 1 atom stereocenters. The van der Waals surface area contributed by atoms with Gasteiger partial charge in [0.2, 0.25) is 5.91 Å². The third-order valence-electron chi connectivity index (χ3n) is 5.03. The Labute approximate surface area is 188 Å². The lowest BCUT2D eigenvalue weighted by molar-refractivity contribution is -0.127. The SMILES string of the molecule is CN(C)C(=O)CN=C(NCC1CCOC1)N1CCN(C(=O)c2ccco2)CC1.I. The van der Waals surface area contributed by atoms with Gasteiger partial charge in [-0.25, -0.2) is 4.99 Å². The van der Waals surface area contributed by atoms with Gasteiger partial charge in [-0.3, -0.25) is 9.59 Å². The molecule has 1 aromatic rings. The highest BCUT2D eigenvalue weighted by Crippen LogP contribution is 2.12. The fourth-order valence-corrected chi connectivity index (χ4v) is 3.21. The fraction of sp³-hybridized carbons (Fsp3) is 0.632. The summed E-state index contributed by atoms with van der Waals surface area (Å²) in [5.74, 6) is 1.39. The second-order valence-corrected chi connectivity index (χ2v) is 7.30. The summed E-state index contributed by atoms with van der Waals surface area (Å²) in [4.78, 5) is 34.3. The van der Waals surface area contributed by atoms with Crippen LogP contribution in [0.15, 0.2) is 27.8 Å². The van der Waals surface area contributed by atoms with Gasteiger partial charge in [0.25, 0.3) is 5.91 Å². The molecule has 9 nitrogen and oxygen atoms in total. The molecule has 2 fully saturated rings. The Morgan fingerprint density at radius 2 is 1.97 bits per heavy atom. The molecule has 10 heteroatoms. The number of nitrogens with one attached hydrogen (secondary N) is 1. The number of likely N-dealkylation sites (N-methyl/N-ethyl adjacent to an activating group) is 1. The number of nitrogens with zero attached hydrogens (tertiary/aromatic N) is 4. The zero-order valence-electron chi connectivity index (χ0n) is 17.0. The number of aliphatic imine (C=N–C) groups is 1. The van der Waals surface area contributed by atoms with E-state index in [4.69, 9.17) is 9.15 Å². The molecule has 1 N–H and O–H groups in total. The fourth-order valence-electron chi connectivity index (χ4n) is 3.21. The quantitative estimate of drug-likeness (QED) is 0.351. The Hall–Kier alpha value is -1.82.